The van der Waals surface area contributed by atoms with Gasteiger partial charge in [0.05, 0.1) is 12.5 Å². The fraction of sp³-hybridized carbons (Fsp3) is 0.857. The molecule has 164 valence electrons. The van der Waals surface area contributed by atoms with Crippen molar-refractivity contribution in [3.63, 3.8) is 0 Å². The molecule has 0 unspecified atom stereocenters. The summed E-state index contributed by atoms with van der Waals surface area (Å²) in [4.78, 5) is 0. The second-order valence-electron chi connectivity index (χ2n) is 10.9. The molecule has 4 aliphatic rings. The minimum absolute atomic E-state index is 0.758. The molecule has 0 bridgehead atoms. The van der Waals surface area contributed by atoms with E-state index >= 15 is 0 Å². The summed E-state index contributed by atoms with van der Waals surface area (Å²) in [5, 5.41) is 0. The zero-order valence-corrected chi connectivity index (χ0v) is 18.9. The summed E-state index contributed by atoms with van der Waals surface area (Å²) < 4.78 is 5.76. The Balaban J connectivity index is 1.08. The molecule has 0 atom stereocenters. The first-order chi connectivity index (χ1) is 14.4. The Morgan fingerprint density at radius 3 is 1.10 bits per heavy atom. The van der Waals surface area contributed by atoms with E-state index in [1.807, 2.05) is 12.5 Å². The molecule has 4 saturated carbocycles. The molecule has 4 aliphatic carbocycles. The molecule has 0 amide bonds. The zero-order chi connectivity index (χ0) is 19.7. The van der Waals surface area contributed by atoms with Crippen LogP contribution in [0.25, 0.3) is 0 Å². The number of rotatable bonds is 6. The van der Waals surface area contributed by atoms with Crippen molar-refractivity contribution in [1.29, 1.82) is 0 Å². The quantitative estimate of drug-likeness (QED) is 0.406. The van der Waals surface area contributed by atoms with Crippen molar-refractivity contribution in [2.24, 2.45) is 35.5 Å². The van der Waals surface area contributed by atoms with Crippen LogP contribution in [0.15, 0.2) is 24.7 Å². The lowest BCUT2D eigenvalue weighted by atomic mass is 9.71. The molecule has 0 spiro atoms. The fourth-order valence-corrected chi connectivity index (χ4v) is 7.19. The first-order valence-corrected chi connectivity index (χ1v) is 13.4. The zero-order valence-electron chi connectivity index (χ0n) is 18.9. The molecule has 0 aromatic heterocycles. The second-order valence-corrected chi connectivity index (χ2v) is 10.9. The van der Waals surface area contributed by atoms with Gasteiger partial charge < -0.3 is 4.74 Å². The topological polar surface area (TPSA) is 9.23 Å². The van der Waals surface area contributed by atoms with Gasteiger partial charge in [-0.05, 0) is 99.0 Å². The molecule has 0 aromatic carbocycles. The molecule has 0 radical (unpaired) electrons. The molecule has 1 nitrogen and oxygen atoms in total. The SMILES string of the molecule is C(=CC1CCC(C2CCCCC2)CC1)OC=CC1CCC(C2CCCCC2)CC1. The Hall–Kier alpha value is -0.720. The van der Waals surface area contributed by atoms with E-state index in [2.05, 4.69) is 12.2 Å². The maximum atomic E-state index is 5.76. The van der Waals surface area contributed by atoms with Gasteiger partial charge in [-0.3, -0.25) is 0 Å². The number of hydrogen-bond acceptors (Lipinski definition) is 1. The van der Waals surface area contributed by atoms with Gasteiger partial charge in [0.1, 0.15) is 0 Å². The van der Waals surface area contributed by atoms with Crippen LogP contribution < -0.4 is 0 Å². The Kier molecular flexibility index (Phi) is 8.61. The van der Waals surface area contributed by atoms with E-state index in [-0.39, 0.29) is 0 Å². The average Bonchev–Trinajstić information content (AvgIpc) is 2.81. The van der Waals surface area contributed by atoms with E-state index in [0.717, 1.165) is 35.5 Å². The van der Waals surface area contributed by atoms with Crippen LogP contribution in [0.5, 0.6) is 0 Å². The Bertz CT molecular complexity index is 446. The van der Waals surface area contributed by atoms with E-state index in [4.69, 9.17) is 4.74 Å². The van der Waals surface area contributed by atoms with Crippen LogP contribution in [0.3, 0.4) is 0 Å². The number of ether oxygens (including phenoxy) is 1. The maximum absolute atomic E-state index is 5.76. The van der Waals surface area contributed by atoms with E-state index in [0.29, 0.717) is 0 Å². The van der Waals surface area contributed by atoms with Crippen LogP contribution in [0, 0.1) is 35.5 Å². The van der Waals surface area contributed by atoms with Crippen molar-refractivity contribution < 1.29 is 4.74 Å². The van der Waals surface area contributed by atoms with Crippen LogP contribution in [-0.2, 0) is 4.74 Å². The lowest BCUT2D eigenvalue weighted by Gasteiger charge is -2.35. The Morgan fingerprint density at radius 1 is 0.379 bits per heavy atom. The summed E-state index contributed by atoms with van der Waals surface area (Å²) in [6.45, 7) is 0. The molecule has 0 aromatic rings. The average molecular weight is 399 g/mol. The van der Waals surface area contributed by atoms with Crippen molar-refractivity contribution in [2.45, 2.75) is 116 Å². The van der Waals surface area contributed by atoms with Crippen LogP contribution in [0.2, 0.25) is 0 Å². The van der Waals surface area contributed by atoms with Gasteiger partial charge in [0.15, 0.2) is 0 Å². The van der Waals surface area contributed by atoms with Gasteiger partial charge in [-0.15, -0.1) is 0 Å². The highest BCUT2D eigenvalue weighted by molar-refractivity contribution is 4.92. The van der Waals surface area contributed by atoms with Crippen molar-refractivity contribution in [1.82, 2.24) is 0 Å². The lowest BCUT2D eigenvalue weighted by Crippen LogP contribution is -2.23. The Labute approximate surface area is 180 Å². The molecule has 0 aliphatic heterocycles. The largest absolute Gasteiger partial charge is 0.473 e. The Morgan fingerprint density at radius 2 is 0.724 bits per heavy atom. The van der Waals surface area contributed by atoms with Gasteiger partial charge in [-0.25, -0.2) is 0 Å². The summed E-state index contributed by atoms with van der Waals surface area (Å²) in [5.41, 5.74) is 0. The van der Waals surface area contributed by atoms with Crippen LogP contribution in [-0.4, -0.2) is 0 Å². The van der Waals surface area contributed by atoms with Gasteiger partial charge in [-0.2, -0.15) is 0 Å². The van der Waals surface area contributed by atoms with Crippen LogP contribution >= 0.6 is 0 Å². The van der Waals surface area contributed by atoms with Gasteiger partial charge in [0.25, 0.3) is 0 Å². The third-order valence-electron chi connectivity index (χ3n) is 9.12. The van der Waals surface area contributed by atoms with E-state index < -0.39 is 0 Å². The predicted molar refractivity (Wildman–Crippen MR) is 123 cm³/mol. The summed E-state index contributed by atoms with van der Waals surface area (Å²) >= 11 is 0. The van der Waals surface area contributed by atoms with Crippen molar-refractivity contribution >= 4 is 0 Å². The highest BCUT2D eigenvalue weighted by Gasteiger charge is 2.28. The van der Waals surface area contributed by atoms with E-state index in [1.54, 1.807) is 0 Å². The molecule has 0 N–H and O–H groups in total. The van der Waals surface area contributed by atoms with E-state index in [1.165, 1.54) is 116 Å². The molecule has 29 heavy (non-hydrogen) atoms. The minimum Gasteiger partial charge on any atom is -0.473 e. The van der Waals surface area contributed by atoms with Crippen LogP contribution in [0.4, 0.5) is 0 Å². The third-order valence-corrected chi connectivity index (χ3v) is 9.12. The van der Waals surface area contributed by atoms with Crippen LogP contribution in [0.1, 0.15) is 116 Å². The van der Waals surface area contributed by atoms with Crippen molar-refractivity contribution in [2.75, 3.05) is 0 Å². The predicted octanol–water partition coefficient (Wildman–Crippen LogP) is 8.80. The highest BCUT2D eigenvalue weighted by atomic mass is 16.5. The minimum atomic E-state index is 0.758. The highest BCUT2D eigenvalue weighted by Crippen LogP contribution is 2.41. The fourth-order valence-electron chi connectivity index (χ4n) is 7.19. The van der Waals surface area contributed by atoms with Gasteiger partial charge in [-0.1, -0.05) is 64.2 Å². The van der Waals surface area contributed by atoms with Crippen molar-refractivity contribution in [3.8, 4) is 0 Å². The van der Waals surface area contributed by atoms with Gasteiger partial charge in [0.2, 0.25) is 0 Å². The van der Waals surface area contributed by atoms with Gasteiger partial charge >= 0.3 is 0 Å². The second kappa shape index (κ2) is 11.6. The van der Waals surface area contributed by atoms with E-state index in [9.17, 15) is 0 Å². The molecule has 0 heterocycles. The first kappa shape index (κ1) is 21.5. The molecule has 0 saturated heterocycles. The summed E-state index contributed by atoms with van der Waals surface area (Å²) in [7, 11) is 0. The molecular weight excluding hydrogens is 352 g/mol. The first-order valence-electron chi connectivity index (χ1n) is 13.4. The molecule has 1 heteroatoms. The third kappa shape index (κ3) is 6.63. The normalized spacial score (nSPS) is 36.0. The summed E-state index contributed by atoms with van der Waals surface area (Å²) in [6, 6.07) is 0. The standard InChI is InChI=1S/C28H46O/c1-3-7-25(8-4-1)27-15-11-23(12-16-27)19-21-29-22-20-24-13-17-28(18-14-24)26-9-5-2-6-10-26/h19-28H,1-18H2. The molecular formula is C28H46O. The molecule has 4 rings (SSSR count). The lowest BCUT2D eigenvalue weighted by molar-refractivity contribution is 0.178. The summed E-state index contributed by atoms with van der Waals surface area (Å²) in [5.74, 6) is 5.69. The number of hydrogen-bond donors (Lipinski definition) is 0. The van der Waals surface area contributed by atoms with Gasteiger partial charge in [0, 0.05) is 0 Å². The molecule has 4 fully saturated rings. The smallest absolute Gasteiger partial charge is 0.0864 e. The van der Waals surface area contributed by atoms with Crippen molar-refractivity contribution in [3.05, 3.63) is 24.7 Å². The number of allylic oxidation sites excluding steroid dienone is 2. The maximum Gasteiger partial charge on any atom is 0.0864 e. The summed E-state index contributed by atoms with van der Waals surface area (Å²) in [6.07, 6.45) is 35.0. The monoisotopic (exact) mass is 398 g/mol.